The van der Waals surface area contributed by atoms with Gasteiger partial charge in [-0.3, -0.25) is 10.1 Å². The van der Waals surface area contributed by atoms with E-state index in [2.05, 4.69) is 25.6 Å². The molecule has 11 heteroatoms. The topological polar surface area (TPSA) is 103 Å². The highest BCUT2D eigenvalue weighted by Crippen LogP contribution is 2.16. The Kier molecular flexibility index (Phi) is 7.48. The summed E-state index contributed by atoms with van der Waals surface area (Å²) in [6, 6.07) is 9.46. The first-order chi connectivity index (χ1) is 16.5. The van der Waals surface area contributed by atoms with Gasteiger partial charge in [0.25, 0.3) is 5.91 Å². The Bertz CT molecular complexity index is 1170. The number of piperazine rings is 1. The van der Waals surface area contributed by atoms with Crippen LogP contribution in [0.2, 0.25) is 5.15 Å². The molecule has 3 heterocycles. The molecule has 2 aromatic heterocycles. The number of nitrogens with one attached hydrogen (secondary N) is 2. The van der Waals surface area contributed by atoms with Gasteiger partial charge in [0.2, 0.25) is 0 Å². The number of nitrogens with zero attached hydrogens (tertiary/aromatic N) is 5. The number of halogens is 2. The van der Waals surface area contributed by atoms with Gasteiger partial charge in [-0.1, -0.05) is 23.7 Å². The summed E-state index contributed by atoms with van der Waals surface area (Å²) in [5.41, 5.74) is 1.38. The van der Waals surface area contributed by atoms with E-state index in [1.54, 1.807) is 34.2 Å². The third-order valence-corrected chi connectivity index (χ3v) is 5.63. The van der Waals surface area contributed by atoms with E-state index in [9.17, 15) is 14.0 Å². The highest BCUT2D eigenvalue weighted by atomic mass is 35.5. The summed E-state index contributed by atoms with van der Waals surface area (Å²) in [5.74, 6) is 0.369. The molecule has 0 radical (unpaired) electrons. The minimum Gasteiger partial charge on any atom is -0.370 e. The third-order valence-electron chi connectivity index (χ3n) is 5.35. The van der Waals surface area contributed by atoms with Crippen molar-refractivity contribution < 1.29 is 14.0 Å². The first-order valence-electron chi connectivity index (χ1n) is 10.8. The first-order valence-corrected chi connectivity index (χ1v) is 11.1. The monoisotopic (exact) mass is 483 g/mol. The number of rotatable bonds is 6. The molecule has 1 saturated heterocycles. The second kappa shape index (κ2) is 10.9. The molecule has 34 heavy (non-hydrogen) atoms. The molecule has 3 amide bonds. The Morgan fingerprint density at radius 3 is 2.50 bits per heavy atom. The van der Waals surface area contributed by atoms with Crippen molar-refractivity contribution in [3.05, 3.63) is 77.1 Å². The Hall–Kier alpha value is -3.79. The minimum absolute atomic E-state index is 0.114. The summed E-state index contributed by atoms with van der Waals surface area (Å²) in [6.07, 6.45) is 5.08. The minimum atomic E-state index is -0.344. The zero-order valence-corrected chi connectivity index (χ0v) is 19.0. The molecular formula is C23H23ClFN7O2. The lowest BCUT2D eigenvalue weighted by atomic mass is 10.1. The molecule has 0 unspecified atom stereocenters. The van der Waals surface area contributed by atoms with Crippen molar-refractivity contribution in [3.63, 3.8) is 0 Å². The van der Waals surface area contributed by atoms with Gasteiger partial charge >= 0.3 is 6.03 Å². The van der Waals surface area contributed by atoms with Crippen molar-refractivity contribution in [3.8, 4) is 0 Å². The number of carbonyl (C=O) groups excluding carboxylic acids is 2. The predicted octanol–water partition coefficient (Wildman–Crippen LogP) is 3.31. The lowest BCUT2D eigenvalue weighted by Gasteiger charge is -2.34. The lowest BCUT2D eigenvalue weighted by Crippen LogP contribution is -2.51. The van der Waals surface area contributed by atoms with Gasteiger partial charge in [0, 0.05) is 56.9 Å². The van der Waals surface area contributed by atoms with E-state index >= 15 is 0 Å². The number of pyridine rings is 1. The van der Waals surface area contributed by atoms with Gasteiger partial charge in [-0.15, -0.1) is 0 Å². The van der Waals surface area contributed by atoms with Gasteiger partial charge in [0.1, 0.15) is 11.6 Å². The molecule has 0 spiro atoms. The molecule has 0 bridgehead atoms. The van der Waals surface area contributed by atoms with E-state index in [4.69, 9.17) is 11.6 Å². The molecule has 0 atom stereocenters. The van der Waals surface area contributed by atoms with Crippen molar-refractivity contribution in [2.24, 2.45) is 0 Å². The van der Waals surface area contributed by atoms with Crippen LogP contribution in [0.5, 0.6) is 0 Å². The number of benzene rings is 1. The second-order valence-corrected chi connectivity index (χ2v) is 8.00. The van der Waals surface area contributed by atoms with Crippen LogP contribution >= 0.6 is 11.6 Å². The van der Waals surface area contributed by atoms with Crippen molar-refractivity contribution in [2.45, 2.75) is 6.42 Å². The van der Waals surface area contributed by atoms with Crippen LogP contribution in [0.1, 0.15) is 15.9 Å². The van der Waals surface area contributed by atoms with Gasteiger partial charge < -0.3 is 15.1 Å². The maximum Gasteiger partial charge on any atom is 0.323 e. The molecule has 1 aliphatic rings. The smallest absolute Gasteiger partial charge is 0.323 e. The average Bonchev–Trinajstić information content (AvgIpc) is 2.85. The average molecular weight is 484 g/mol. The summed E-state index contributed by atoms with van der Waals surface area (Å²) < 4.78 is 13.3. The molecule has 1 aromatic carbocycles. The van der Waals surface area contributed by atoms with Crippen molar-refractivity contribution in [1.82, 2.24) is 24.8 Å². The number of hydrogen-bond acceptors (Lipinski definition) is 6. The van der Waals surface area contributed by atoms with E-state index in [1.165, 1.54) is 24.5 Å². The third kappa shape index (κ3) is 5.96. The number of anilines is 2. The Balaban J connectivity index is 1.28. The molecule has 1 aliphatic heterocycles. The van der Waals surface area contributed by atoms with Crippen LogP contribution in [-0.2, 0) is 6.42 Å². The number of urea groups is 1. The van der Waals surface area contributed by atoms with Crippen LogP contribution in [0.4, 0.5) is 20.8 Å². The van der Waals surface area contributed by atoms with Crippen LogP contribution in [-0.4, -0.2) is 69.4 Å². The molecule has 176 valence electrons. The van der Waals surface area contributed by atoms with Crippen LogP contribution in [0.25, 0.3) is 0 Å². The van der Waals surface area contributed by atoms with Gasteiger partial charge in [0.15, 0.2) is 11.0 Å². The highest BCUT2D eigenvalue weighted by Gasteiger charge is 2.25. The van der Waals surface area contributed by atoms with Crippen molar-refractivity contribution >= 4 is 35.2 Å². The molecule has 2 N–H and O–H groups in total. The van der Waals surface area contributed by atoms with Crippen molar-refractivity contribution in [2.75, 3.05) is 43.4 Å². The lowest BCUT2D eigenvalue weighted by molar-refractivity contribution is 0.0671. The predicted molar refractivity (Wildman–Crippen MR) is 126 cm³/mol. The number of carbonyl (C=O) groups is 2. The second-order valence-electron chi connectivity index (χ2n) is 7.64. The molecule has 0 aliphatic carbocycles. The van der Waals surface area contributed by atoms with Crippen LogP contribution in [0.3, 0.4) is 0 Å². The zero-order chi connectivity index (χ0) is 23.9. The summed E-state index contributed by atoms with van der Waals surface area (Å²) in [5, 5.41) is 5.93. The summed E-state index contributed by atoms with van der Waals surface area (Å²) >= 11 is 5.94. The van der Waals surface area contributed by atoms with E-state index in [-0.39, 0.29) is 28.7 Å². The van der Waals surface area contributed by atoms with Gasteiger partial charge in [-0.05, 0) is 36.2 Å². The zero-order valence-electron chi connectivity index (χ0n) is 18.2. The fourth-order valence-electron chi connectivity index (χ4n) is 3.57. The number of hydrogen-bond donors (Lipinski definition) is 2. The number of aromatic nitrogens is 3. The standard InChI is InChI=1S/C23H23ClFN7O2/c24-20-21(29-9-8-28-20)30-23(34)32-12-10-31(11-13-32)22(33)17-5-7-27-19(15-17)26-6-4-16-2-1-3-18(25)14-16/h1-3,5,7-9,14-15H,4,6,10-13H2,(H,26,27)(H,29,30,34). The fraction of sp³-hybridized carbons (Fsp3) is 0.261. The maximum absolute atomic E-state index is 13.3. The molecule has 1 fully saturated rings. The highest BCUT2D eigenvalue weighted by molar-refractivity contribution is 6.32. The first kappa shape index (κ1) is 23.4. The van der Waals surface area contributed by atoms with Crippen LogP contribution in [0, 0.1) is 5.82 Å². The summed E-state index contributed by atoms with van der Waals surface area (Å²) in [6.45, 7) is 2.09. The number of amides is 3. The molecule has 9 nitrogen and oxygen atoms in total. The maximum atomic E-state index is 13.3. The Morgan fingerprint density at radius 2 is 1.74 bits per heavy atom. The Labute approximate surface area is 201 Å². The summed E-state index contributed by atoms with van der Waals surface area (Å²) in [7, 11) is 0. The SMILES string of the molecule is O=C(Nc1nccnc1Cl)N1CCN(C(=O)c2ccnc(NCCc3cccc(F)c3)c2)CC1. The van der Waals surface area contributed by atoms with Gasteiger partial charge in [0.05, 0.1) is 0 Å². The van der Waals surface area contributed by atoms with E-state index in [0.29, 0.717) is 50.5 Å². The normalized spacial score (nSPS) is 13.5. The van der Waals surface area contributed by atoms with E-state index < -0.39 is 0 Å². The molecule has 0 saturated carbocycles. The fourth-order valence-corrected chi connectivity index (χ4v) is 3.72. The molecule has 4 rings (SSSR count). The van der Waals surface area contributed by atoms with Crippen LogP contribution < -0.4 is 10.6 Å². The molecule has 3 aromatic rings. The van der Waals surface area contributed by atoms with Gasteiger partial charge in [-0.25, -0.2) is 24.1 Å². The largest absolute Gasteiger partial charge is 0.370 e. The van der Waals surface area contributed by atoms with E-state index in [0.717, 1.165) is 5.56 Å². The van der Waals surface area contributed by atoms with E-state index in [1.807, 2.05) is 6.07 Å². The van der Waals surface area contributed by atoms with Crippen LogP contribution in [0.15, 0.2) is 55.0 Å². The quantitative estimate of drug-likeness (QED) is 0.557. The Morgan fingerprint density at radius 1 is 0.971 bits per heavy atom. The summed E-state index contributed by atoms with van der Waals surface area (Å²) in [4.78, 5) is 40.9. The van der Waals surface area contributed by atoms with Gasteiger partial charge in [-0.2, -0.15) is 0 Å². The van der Waals surface area contributed by atoms with Crippen molar-refractivity contribution in [1.29, 1.82) is 0 Å². The molecular weight excluding hydrogens is 461 g/mol.